The molecule has 7 nitrogen and oxygen atoms in total. The minimum Gasteiger partial charge on any atom is -0.486 e. The van der Waals surface area contributed by atoms with Crippen molar-refractivity contribution < 1.29 is 24.1 Å². The second kappa shape index (κ2) is 6.26. The Balaban J connectivity index is 1.80. The van der Waals surface area contributed by atoms with Crippen LogP contribution in [0.2, 0.25) is 0 Å². The van der Waals surface area contributed by atoms with Crippen LogP contribution in [0.5, 0.6) is 11.5 Å². The Morgan fingerprint density at radius 3 is 2.75 bits per heavy atom. The summed E-state index contributed by atoms with van der Waals surface area (Å²) in [6.07, 6.45) is 0. The molecule has 126 valence electrons. The predicted molar refractivity (Wildman–Crippen MR) is 85.8 cm³/mol. The van der Waals surface area contributed by atoms with Crippen molar-refractivity contribution in [3.63, 3.8) is 0 Å². The van der Waals surface area contributed by atoms with E-state index in [0.29, 0.717) is 55.7 Å². The number of hydrogen-bond acceptors (Lipinski definition) is 6. The highest BCUT2D eigenvalue weighted by Crippen LogP contribution is 2.37. The number of pyridine rings is 1. The molecule has 0 saturated carbocycles. The van der Waals surface area contributed by atoms with Gasteiger partial charge in [0.25, 0.3) is 0 Å². The van der Waals surface area contributed by atoms with E-state index in [2.05, 4.69) is 9.88 Å². The summed E-state index contributed by atoms with van der Waals surface area (Å²) in [7, 11) is 0. The lowest BCUT2D eigenvalue weighted by molar-refractivity contribution is 0.0334. The zero-order valence-electron chi connectivity index (χ0n) is 13.2. The summed E-state index contributed by atoms with van der Waals surface area (Å²) in [4.78, 5) is 18.4. The summed E-state index contributed by atoms with van der Waals surface area (Å²) in [5, 5.41) is 10.3. The molecular formula is C17H18N2O5. The van der Waals surface area contributed by atoms with Gasteiger partial charge >= 0.3 is 5.97 Å². The van der Waals surface area contributed by atoms with Crippen molar-refractivity contribution in [3.05, 3.63) is 29.5 Å². The van der Waals surface area contributed by atoms with Crippen molar-refractivity contribution in [2.45, 2.75) is 6.54 Å². The van der Waals surface area contributed by atoms with Gasteiger partial charge in [0.15, 0.2) is 11.5 Å². The van der Waals surface area contributed by atoms with E-state index >= 15 is 0 Å². The van der Waals surface area contributed by atoms with Crippen LogP contribution in [0.25, 0.3) is 10.9 Å². The second-order valence-electron chi connectivity index (χ2n) is 5.84. The zero-order valence-corrected chi connectivity index (χ0v) is 13.2. The van der Waals surface area contributed by atoms with Gasteiger partial charge in [-0.15, -0.1) is 0 Å². The van der Waals surface area contributed by atoms with Gasteiger partial charge in [-0.1, -0.05) is 0 Å². The molecule has 1 N–H and O–H groups in total. The number of morpholine rings is 1. The molecule has 0 amide bonds. The summed E-state index contributed by atoms with van der Waals surface area (Å²) >= 11 is 0. The number of rotatable bonds is 3. The molecule has 7 heteroatoms. The molecule has 3 heterocycles. The highest BCUT2D eigenvalue weighted by molar-refractivity contribution is 5.96. The number of carbonyl (C=O) groups is 1. The lowest BCUT2D eigenvalue weighted by Gasteiger charge is -2.27. The van der Waals surface area contributed by atoms with E-state index in [9.17, 15) is 9.90 Å². The Morgan fingerprint density at radius 1 is 1.17 bits per heavy atom. The molecule has 2 aliphatic rings. The molecule has 0 unspecified atom stereocenters. The molecule has 0 bridgehead atoms. The first-order valence-corrected chi connectivity index (χ1v) is 7.98. The summed E-state index contributed by atoms with van der Waals surface area (Å²) in [6, 6.07) is 5.28. The standard InChI is InChI=1S/C17H18N2O5/c20-17(21)12-9-11-1-2-14-16(24-8-7-23-14)15(11)18-13(12)10-19-3-5-22-6-4-19/h1-2,9H,3-8,10H2,(H,20,21). The maximum absolute atomic E-state index is 11.7. The molecule has 2 aliphatic heterocycles. The number of carboxylic acids is 1. The van der Waals surface area contributed by atoms with Crippen molar-refractivity contribution in [1.29, 1.82) is 0 Å². The van der Waals surface area contributed by atoms with Crippen LogP contribution < -0.4 is 9.47 Å². The van der Waals surface area contributed by atoms with Gasteiger partial charge in [-0.3, -0.25) is 4.90 Å². The van der Waals surface area contributed by atoms with E-state index in [1.807, 2.05) is 6.07 Å². The number of hydrogen-bond donors (Lipinski definition) is 1. The maximum atomic E-state index is 11.7. The normalized spacial score (nSPS) is 17.8. The summed E-state index contributed by atoms with van der Waals surface area (Å²) in [5.74, 6) is 0.281. The second-order valence-corrected chi connectivity index (χ2v) is 5.84. The van der Waals surface area contributed by atoms with Gasteiger partial charge in [-0.25, -0.2) is 9.78 Å². The molecule has 1 saturated heterocycles. The molecule has 0 radical (unpaired) electrons. The first kappa shape index (κ1) is 15.2. The van der Waals surface area contributed by atoms with Crippen LogP contribution in [0.15, 0.2) is 18.2 Å². The zero-order chi connectivity index (χ0) is 16.5. The third kappa shape index (κ3) is 2.76. The summed E-state index contributed by atoms with van der Waals surface area (Å²) in [6.45, 7) is 4.30. The molecule has 1 fully saturated rings. The smallest absolute Gasteiger partial charge is 0.337 e. The van der Waals surface area contributed by atoms with Crippen LogP contribution in [0.4, 0.5) is 0 Å². The molecule has 24 heavy (non-hydrogen) atoms. The SMILES string of the molecule is O=C(O)c1cc2ccc3c(c2nc1CN1CCOCC1)OCCO3. The third-order valence-electron chi connectivity index (χ3n) is 4.28. The highest BCUT2D eigenvalue weighted by Gasteiger charge is 2.22. The fourth-order valence-corrected chi connectivity index (χ4v) is 3.06. The van der Waals surface area contributed by atoms with Gasteiger partial charge in [0.2, 0.25) is 0 Å². The van der Waals surface area contributed by atoms with Crippen molar-refractivity contribution in [2.75, 3.05) is 39.5 Å². The van der Waals surface area contributed by atoms with Crippen molar-refractivity contribution in [3.8, 4) is 11.5 Å². The molecule has 0 atom stereocenters. The molecule has 0 aliphatic carbocycles. The largest absolute Gasteiger partial charge is 0.486 e. The van der Waals surface area contributed by atoms with E-state index in [4.69, 9.17) is 14.2 Å². The van der Waals surface area contributed by atoms with Crippen molar-refractivity contribution >= 4 is 16.9 Å². The Kier molecular flexibility index (Phi) is 3.95. The van der Waals surface area contributed by atoms with E-state index in [1.54, 1.807) is 12.1 Å². The molecule has 1 aromatic heterocycles. The van der Waals surface area contributed by atoms with Gasteiger partial charge in [0, 0.05) is 25.0 Å². The van der Waals surface area contributed by atoms with Crippen LogP contribution >= 0.6 is 0 Å². The number of aromatic nitrogens is 1. The Hall–Kier alpha value is -2.38. The minimum absolute atomic E-state index is 0.227. The van der Waals surface area contributed by atoms with Crippen LogP contribution in [-0.2, 0) is 11.3 Å². The van der Waals surface area contributed by atoms with Crippen LogP contribution in [0.3, 0.4) is 0 Å². The van der Waals surface area contributed by atoms with E-state index in [0.717, 1.165) is 18.5 Å². The summed E-state index contributed by atoms with van der Waals surface area (Å²) < 4.78 is 16.6. The van der Waals surface area contributed by atoms with E-state index in [-0.39, 0.29) is 5.56 Å². The molecule has 0 spiro atoms. The monoisotopic (exact) mass is 330 g/mol. The first-order valence-electron chi connectivity index (χ1n) is 7.98. The Morgan fingerprint density at radius 2 is 1.96 bits per heavy atom. The first-order chi connectivity index (χ1) is 11.7. The highest BCUT2D eigenvalue weighted by atomic mass is 16.6. The number of carboxylic acid groups (broad SMARTS) is 1. The molecular weight excluding hydrogens is 312 g/mol. The fraction of sp³-hybridized carbons (Fsp3) is 0.412. The summed E-state index contributed by atoms with van der Waals surface area (Å²) in [5.41, 5.74) is 1.42. The molecule has 4 rings (SSSR count). The molecule has 1 aromatic carbocycles. The van der Waals surface area contributed by atoms with Crippen LogP contribution in [-0.4, -0.2) is 60.5 Å². The van der Waals surface area contributed by atoms with Crippen LogP contribution in [0.1, 0.15) is 16.1 Å². The lowest BCUT2D eigenvalue weighted by atomic mass is 10.1. The lowest BCUT2D eigenvalue weighted by Crippen LogP contribution is -2.36. The fourth-order valence-electron chi connectivity index (χ4n) is 3.06. The number of benzene rings is 1. The predicted octanol–water partition coefficient (Wildman–Crippen LogP) is 1.54. The number of ether oxygens (including phenoxy) is 3. The number of nitrogens with zero attached hydrogens (tertiary/aromatic N) is 2. The van der Waals surface area contributed by atoms with Crippen molar-refractivity contribution in [1.82, 2.24) is 9.88 Å². The average molecular weight is 330 g/mol. The maximum Gasteiger partial charge on any atom is 0.337 e. The topological polar surface area (TPSA) is 81.1 Å². The Labute approximate surface area is 138 Å². The van der Waals surface area contributed by atoms with Crippen LogP contribution in [0, 0.1) is 0 Å². The van der Waals surface area contributed by atoms with Gasteiger partial charge in [-0.2, -0.15) is 0 Å². The van der Waals surface area contributed by atoms with E-state index < -0.39 is 5.97 Å². The number of fused-ring (bicyclic) bond motifs is 3. The van der Waals surface area contributed by atoms with Gasteiger partial charge in [0.05, 0.1) is 24.5 Å². The van der Waals surface area contributed by atoms with Crippen molar-refractivity contribution in [2.24, 2.45) is 0 Å². The van der Waals surface area contributed by atoms with Gasteiger partial charge in [0.1, 0.15) is 18.7 Å². The average Bonchev–Trinajstić information content (AvgIpc) is 2.62. The third-order valence-corrected chi connectivity index (χ3v) is 4.28. The molecule has 2 aromatic rings. The Bertz CT molecular complexity index is 786. The van der Waals surface area contributed by atoms with Gasteiger partial charge in [-0.05, 0) is 18.2 Å². The quantitative estimate of drug-likeness (QED) is 0.914. The van der Waals surface area contributed by atoms with Gasteiger partial charge < -0.3 is 19.3 Å². The minimum atomic E-state index is -0.970. The number of aromatic carboxylic acids is 1. The van der Waals surface area contributed by atoms with E-state index in [1.165, 1.54) is 0 Å².